The van der Waals surface area contributed by atoms with Crippen molar-refractivity contribution in [1.82, 2.24) is 0 Å². The molecule has 0 unspecified atom stereocenters. The van der Waals surface area contributed by atoms with Crippen LogP contribution < -0.4 is 0 Å². The monoisotopic (exact) mass is 610 g/mol. The summed E-state index contributed by atoms with van der Waals surface area (Å²) in [6.07, 6.45) is 0. The quantitative estimate of drug-likeness (QED) is 0.126. The van der Waals surface area contributed by atoms with E-state index in [1.807, 2.05) is 0 Å². The molecular formula is H6N6O18Th. The molecule has 0 spiro atoms. The molecule has 0 aromatic rings. The van der Waals surface area contributed by atoms with Crippen LogP contribution in [-0.4, -0.2) is 61.8 Å². The predicted octanol–water partition coefficient (Wildman–Crippen LogP) is -2.09. The molecule has 0 amide bonds. The van der Waals surface area contributed by atoms with Gasteiger partial charge < -0.3 is 31.2 Å². The SMILES string of the molecule is O=[N+]([O-])O.O=[N+]([O-])O.O=[N+]([O-])O.O=[N+]([O-])O.O=[N+]([O-])O.O=[N+]([O-])O.[Th]. The molecule has 24 nitrogen and oxygen atoms in total. The van der Waals surface area contributed by atoms with Crippen molar-refractivity contribution < 1.29 is 102 Å². The van der Waals surface area contributed by atoms with Crippen molar-refractivity contribution >= 4 is 0 Å². The molecule has 0 bridgehead atoms. The van der Waals surface area contributed by atoms with Gasteiger partial charge in [0.1, 0.15) is 0 Å². The summed E-state index contributed by atoms with van der Waals surface area (Å²) in [5, 5.41) is 81.8. The van der Waals surface area contributed by atoms with Crippen LogP contribution in [0, 0.1) is 101 Å². The second kappa shape index (κ2) is 37.1. The zero-order chi connectivity index (χ0) is 21.5. The van der Waals surface area contributed by atoms with Crippen LogP contribution in [0.1, 0.15) is 0 Å². The Morgan fingerprint density at radius 3 is 0.360 bits per heavy atom. The van der Waals surface area contributed by atoms with E-state index in [9.17, 15) is 0 Å². The van der Waals surface area contributed by atoms with Crippen molar-refractivity contribution in [2.24, 2.45) is 0 Å². The first-order valence-corrected chi connectivity index (χ1v) is 3.39. The standard InChI is InChI=1S/6HNO3.Th/c6*2-1(3)4;/h6*(H,2,3,4);. The Morgan fingerprint density at radius 2 is 0.360 bits per heavy atom. The molecule has 0 aromatic carbocycles. The molecule has 0 heterocycles. The van der Waals surface area contributed by atoms with Crippen molar-refractivity contribution in [2.75, 3.05) is 0 Å². The minimum absolute atomic E-state index is 0. The summed E-state index contributed by atoms with van der Waals surface area (Å²) in [4.78, 5) is 50.2. The summed E-state index contributed by atoms with van der Waals surface area (Å²) in [5.74, 6) is 0. The van der Waals surface area contributed by atoms with E-state index in [1.54, 1.807) is 0 Å². The van der Waals surface area contributed by atoms with Crippen LogP contribution in [0.4, 0.5) is 0 Å². The first-order chi connectivity index (χ1) is 10.4. The molecule has 0 aliphatic rings. The smallest absolute Gasteiger partial charge is 0.291 e. The molecule has 0 saturated carbocycles. The fourth-order valence-corrected chi connectivity index (χ4v) is 0. The average molecular weight is 610 g/mol. The number of rotatable bonds is 0. The average Bonchev–Trinajstić information content (AvgIpc) is 2.08. The second-order valence-electron chi connectivity index (χ2n) is 1.43. The van der Waals surface area contributed by atoms with Crippen LogP contribution in [0.2, 0.25) is 0 Å². The van der Waals surface area contributed by atoms with Gasteiger partial charge >= 0.3 is 0 Å². The maximum atomic E-state index is 8.36. The van der Waals surface area contributed by atoms with E-state index in [4.69, 9.17) is 91.9 Å². The molecule has 0 fully saturated rings. The van der Waals surface area contributed by atoms with Crippen molar-refractivity contribution in [2.45, 2.75) is 0 Å². The zero-order valence-electron chi connectivity index (χ0n) is 10.8. The molecule has 0 radical (unpaired) electrons. The van der Waals surface area contributed by atoms with Gasteiger partial charge in [-0.25, -0.2) is 0 Å². The summed E-state index contributed by atoms with van der Waals surface area (Å²) >= 11 is 0. The van der Waals surface area contributed by atoms with Gasteiger partial charge in [-0.3, -0.25) is 0 Å². The first-order valence-electron chi connectivity index (χ1n) is 3.39. The third kappa shape index (κ3) is 583. The molecule has 148 valence electrons. The number of nitrogens with zero attached hydrogens (tertiary/aromatic N) is 6. The van der Waals surface area contributed by atoms with Crippen molar-refractivity contribution in [3.63, 3.8) is 0 Å². The number of hydrogen-bond acceptors (Lipinski definition) is 12. The van der Waals surface area contributed by atoms with Gasteiger partial charge in [-0.05, 0) is 0 Å². The molecule has 6 N–H and O–H groups in total. The van der Waals surface area contributed by atoms with Gasteiger partial charge in [0.15, 0.2) is 0 Å². The minimum Gasteiger partial charge on any atom is -0.328 e. The fourth-order valence-electron chi connectivity index (χ4n) is 0. The molecule has 0 rings (SSSR count). The van der Waals surface area contributed by atoms with Gasteiger partial charge in [-0.2, -0.15) is 0 Å². The van der Waals surface area contributed by atoms with Crippen molar-refractivity contribution in [1.29, 1.82) is 0 Å². The van der Waals surface area contributed by atoms with Gasteiger partial charge in [-0.15, -0.1) is 60.7 Å². The van der Waals surface area contributed by atoms with Gasteiger partial charge in [0.25, 0.3) is 30.5 Å². The summed E-state index contributed by atoms with van der Waals surface area (Å²) in [6, 6.07) is 0. The van der Waals surface area contributed by atoms with Crippen LogP contribution in [0.15, 0.2) is 0 Å². The summed E-state index contributed by atoms with van der Waals surface area (Å²) in [6.45, 7) is 0. The molecular weight excluding hydrogens is 604 g/mol. The van der Waals surface area contributed by atoms with E-state index in [1.165, 1.54) is 0 Å². The first kappa shape index (κ1) is 43.0. The molecule has 25 heavy (non-hydrogen) atoms. The third-order valence-corrected chi connectivity index (χ3v) is 0. The topological polar surface area (TPSA) is 380 Å². The van der Waals surface area contributed by atoms with Gasteiger partial charge in [0.2, 0.25) is 0 Å². The van der Waals surface area contributed by atoms with Crippen LogP contribution >= 0.6 is 0 Å². The van der Waals surface area contributed by atoms with Gasteiger partial charge in [0.05, 0.1) is 0 Å². The Hall–Kier alpha value is -3.48. The van der Waals surface area contributed by atoms with Crippen LogP contribution in [-0.2, 0) is 0 Å². The van der Waals surface area contributed by atoms with E-state index in [-0.39, 0.29) is 39.9 Å². The van der Waals surface area contributed by atoms with Crippen LogP contribution in [0.5, 0.6) is 0 Å². The van der Waals surface area contributed by atoms with Crippen LogP contribution in [0.3, 0.4) is 0 Å². The van der Waals surface area contributed by atoms with E-state index in [0.717, 1.165) is 0 Å². The molecule has 0 atom stereocenters. The maximum absolute atomic E-state index is 8.36. The predicted molar refractivity (Wildman–Crippen MR) is 52.7 cm³/mol. The third-order valence-electron chi connectivity index (χ3n) is 0. The molecule has 25 heteroatoms. The van der Waals surface area contributed by atoms with Gasteiger partial charge in [-0.1, -0.05) is 0 Å². The van der Waals surface area contributed by atoms with Crippen LogP contribution in [0.25, 0.3) is 0 Å². The van der Waals surface area contributed by atoms with Crippen molar-refractivity contribution in [3.05, 3.63) is 60.7 Å². The zero-order valence-corrected chi connectivity index (χ0v) is 14.9. The minimum atomic E-state index is -1.50. The van der Waals surface area contributed by atoms with E-state index < -0.39 is 30.5 Å². The summed E-state index contributed by atoms with van der Waals surface area (Å²) in [7, 11) is 0. The Kier molecular flexibility index (Phi) is 63.8. The normalized spacial score (nSPS) is 5.76. The van der Waals surface area contributed by atoms with Crippen molar-refractivity contribution in [3.8, 4) is 0 Å². The van der Waals surface area contributed by atoms with E-state index in [2.05, 4.69) is 0 Å². The molecule has 0 aliphatic heterocycles. The van der Waals surface area contributed by atoms with Gasteiger partial charge in [0, 0.05) is 39.9 Å². The Labute approximate surface area is 162 Å². The Morgan fingerprint density at radius 1 is 0.360 bits per heavy atom. The molecule has 0 saturated heterocycles. The van der Waals surface area contributed by atoms with E-state index in [0.29, 0.717) is 0 Å². The second-order valence-corrected chi connectivity index (χ2v) is 1.43. The Bertz CT molecular complexity index is 257. The Balaban J connectivity index is -0.0000000309. The van der Waals surface area contributed by atoms with E-state index >= 15 is 0 Å². The maximum Gasteiger partial charge on any atom is 0.291 e. The largest absolute Gasteiger partial charge is 0.328 e. The molecule has 0 aliphatic carbocycles. The fraction of sp³-hybridized carbons (Fsp3) is 0. The molecule has 0 aromatic heterocycles. The number of hydrogen-bond donors (Lipinski definition) is 6. The summed E-state index contributed by atoms with van der Waals surface area (Å²) < 4.78 is 0. The summed E-state index contributed by atoms with van der Waals surface area (Å²) in [5.41, 5.74) is 0.